The Kier molecular flexibility index (Phi) is 5.52. The fourth-order valence-corrected chi connectivity index (χ4v) is 2.30. The van der Waals surface area contributed by atoms with E-state index < -0.39 is 5.97 Å². The fourth-order valence-electron chi connectivity index (χ4n) is 2.30. The maximum atomic E-state index is 11.3. The van der Waals surface area contributed by atoms with Crippen LogP contribution in [0.3, 0.4) is 0 Å². The van der Waals surface area contributed by atoms with Gasteiger partial charge in [-0.15, -0.1) is 5.10 Å². The molecule has 0 saturated carbocycles. The van der Waals surface area contributed by atoms with Crippen LogP contribution in [0.2, 0.25) is 0 Å². The molecule has 0 spiro atoms. The standard InChI is InChI=1S/C16H21N3O3/c1-3-4-5-10-19-14(15(16(20)21)17-18-19)11-12-6-8-13(22-2)9-7-12/h6-9H,3-5,10-11H2,1-2H3,(H,20,21). The largest absolute Gasteiger partial charge is 0.497 e. The Balaban J connectivity index is 2.21. The Bertz CT molecular complexity index is 620. The number of nitrogens with zero attached hydrogens (tertiary/aromatic N) is 3. The number of carboxylic acid groups (broad SMARTS) is 1. The molecule has 0 atom stereocenters. The number of benzene rings is 1. The van der Waals surface area contributed by atoms with E-state index in [-0.39, 0.29) is 5.69 Å². The van der Waals surface area contributed by atoms with E-state index in [9.17, 15) is 9.90 Å². The lowest BCUT2D eigenvalue weighted by Crippen LogP contribution is -2.09. The van der Waals surface area contributed by atoms with Crippen LogP contribution in [0.4, 0.5) is 0 Å². The maximum Gasteiger partial charge on any atom is 0.358 e. The molecule has 0 saturated heterocycles. The summed E-state index contributed by atoms with van der Waals surface area (Å²) in [6.07, 6.45) is 3.65. The number of methoxy groups -OCH3 is 1. The molecule has 22 heavy (non-hydrogen) atoms. The molecular weight excluding hydrogens is 282 g/mol. The predicted octanol–water partition coefficient (Wildman–Crippen LogP) is 2.77. The van der Waals surface area contributed by atoms with E-state index in [4.69, 9.17) is 4.74 Å². The number of carbonyl (C=O) groups is 1. The summed E-state index contributed by atoms with van der Waals surface area (Å²) < 4.78 is 6.84. The summed E-state index contributed by atoms with van der Waals surface area (Å²) in [7, 11) is 1.62. The summed E-state index contributed by atoms with van der Waals surface area (Å²) in [4.78, 5) is 11.3. The van der Waals surface area contributed by atoms with E-state index in [0.29, 0.717) is 18.7 Å². The Hall–Kier alpha value is -2.37. The van der Waals surface area contributed by atoms with Gasteiger partial charge in [0.25, 0.3) is 0 Å². The second kappa shape index (κ2) is 7.59. The van der Waals surface area contributed by atoms with Crippen LogP contribution in [0.25, 0.3) is 0 Å². The Morgan fingerprint density at radius 3 is 2.59 bits per heavy atom. The second-order valence-electron chi connectivity index (χ2n) is 5.14. The van der Waals surface area contributed by atoms with Crippen molar-refractivity contribution in [3.63, 3.8) is 0 Å². The highest BCUT2D eigenvalue weighted by Gasteiger charge is 2.19. The summed E-state index contributed by atoms with van der Waals surface area (Å²) in [5.41, 5.74) is 1.68. The molecule has 1 N–H and O–H groups in total. The summed E-state index contributed by atoms with van der Waals surface area (Å²) >= 11 is 0. The quantitative estimate of drug-likeness (QED) is 0.759. The summed E-state index contributed by atoms with van der Waals surface area (Å²) in [6, 6.07) is 7.57. The minimum absolute atomic E-state index is 0.0346. The molecule has 6 heteroatoms. The third-order valence-electron chi connectivity index (χ3n) is 3.54. The van der Waals surface area contributed by atoms with Gasteiger partial charge in [0.2, 0.25) is 0 Å². The normalized spacial score (nSPS) is 10.6. The lowest BCUT2D eigenvalue weighted by molar-refractivity contribution is 0.0689. The van der Waals surface area contributed by atoms with Gasteiger partial charge in [-0.05, 0) is 24.1 Å². The van der Waals surface area contributed by atoms with Crippen LogP contribution < -0.4 is 4.74 Å². The van der Waals surface area contributed by atoms with Crippen molar-refractivity contribution in [1.29, 1.82) is 0 Å². The van der Waals surface area contributed by atoms with E-state index in [0.717, 1.165) is 30.6 Å². The Morgan fingerprint density at radius 2 is 2.00 bits per heavy atom. The van der Waals surface area contributed by atoms with Crippen molar-refractivity contribution in [2.75, 3.05) is 7.11 Å². The minimum Gasteiger partial charge on any atom is -0.497 e. The number of hydrogen-bond donors (Lipinski definition) is 1. The highest BCUT2D eigenvalue weighted by atomic mass is 16.5. The van der Waals surface area contributed by atoms with Crippen molar-refractivity contribution >= 4 is 5.97 Å². The third-order valence-corrected chi connectivity index (χ3v) is 3.54. The maximum absolute atomic E-state index is 11.3. The smallest absolute Gasteiger partial charge is 0.358 e. The molecule has 0 amide bonds. The first-order valence-electron chi connectivity index (χ1n) is 7.44. The highest BCUT2D eigenvalue weighted by Crippen LogP contribution is 2.17. The summed E-state index contributed by atoms with van der Waals surface area (Å²) in [5, 5.41) is 17.1. The van der Waals surface area contributed by atoms with Crippen LogP contribution in [0.15, 0.2) is 24.3 Å². The summed E-state index contributed by atoms with van der Waals surface area (Å²) in [5.74, 6) is -0.262. The zero-order chi connectivity index (χ0) is 15.9. The number of hydrogen-bond acceptors (Lipinski definition) is 4. The molecule has 1 heterocycles. The molecule has 6 nitrogen and oxygen atoms in total. The van der Waals surface area contributed by atoms with Gasteiger partial charge in [0, 0.05) is 13.0 Å². The van der Waals surface area contributed by atoms with Crippen LogP contribution in [-0.4, -0.2) is 33.2 Å². The Labute approximate surface area is 129 Å². The number of unbranched alkanes of at least 4 members (excludes halogenated alkanes) is 2. The topological polar surface area (TPSA) is 77.2 Å². The van der Waals surface area contributed by atoms with Crippen molar-refractivity contribution in [3.8, 4) is 5.75 Å². The highest BCUT2D eigenvalue weighted by molar-refractivity contribution is 5.86. The second-order valence-corrected chi connectivity index (χ2v) is 5.14. The zero-order valence-corrected chi connectivity index (χ0v) is 13.0. The van der Waals surface area contributed by atoms with E-state index in [1.54, 1.807) is 11.8 Å². The number of aromatic carboxylic acids is 1. The molecule has 0 unspecified atom stereocenters. The molecule has 118 valence electrons. The molecule has 0 fully saturated rings. The molecular formula is C16H21N3O3. The van der Waals surface area contributed by atoms with Gasteiger partial charge in [-0.1, -0.05) is 37.1 Å². The molecule has 1 aromatic carbocycles. The van der Waals surface area contributed by atoms with E-state index in [1.807, 2.05) is 24.3 Å². The first kappa shape index (κ1) is 16.0. The molecule has 0 aliphatic heterocycles. The summed E-state index contributed by atoms with van der Waals surface area (Å²) in [6.45, 7) is 2.82. The SMILES string of the molecule is CCCCCn1nnc(C(=O)O)c1Cc1ccc(OC)cc1. The van der Waals surface area contributed by atoms with Gasteiger partial charge in [-0.3, -0.25) is 0 Å². The molecule has 0 aliphatic carbocycles. The van der Waals surface area contributed by atoms with Crippen LogP contribution in [0, 0.1) is 0 Å². The lowest BCUT2D eigenvalue weighted by Gasteiger charge is -2.08. The van der Waals surface area contributed by atoms with Gasteiger partial charge in [-0.25, -0.2) is 9.48 Å². The van der Waals surface area contributed by atoms with Crippen molar-refractivity contribution in [1.82, 2.24) is 15.0 Å². The number of aromatic nitrogens is 3. The first-order valence-corrected chi connectivity index (χ1v) is 7.44. The number of carboxylic acids is 1. The minimum atomic E-state index is -1.04. The van der Waals surface area contributed by atoms with Crippen molar-refractivity contribution in [3.05, 3.63) is 41.2 Å². The van der Waals surface area contributed by atoms with Crippen LogP contribution in [0.1, 0.15) is 47.9 Å². The van der Waals surface area contributed by atoms with Crippen LogP contribution in [-0.2, 0) is 13.0 Å². The van der Waals surface area contributed by atoms with Crippen LogP contribution >= 0.6 is 0 Å². The van der Waals surface area contributed by atoms with Crippen molar-refractivity contribution in [2.45, 2.75) is 39.2 Å². The van der Waals surface area contributed by atoms with Gasteiger partial charge >= 0.3 is 5.97 Å². The van der Waals surface area contributed by atoms with Gasteiger partial charge in [0.15, 0.2) is 5.69 Å². The molecule has 1 aromatic heterocycles. The van der Waals surface area contributed by atoms with Crippen molar-refractivity contribution in [2.24, 2.45) is 0 Å². The third kappa shape index (κ3) is 3.84. The molecule has 0 radical (unpaired) electrons. The average molecular weight is 303 g/mol. The molecule has 2 rings (SSSR count). The van der Waals surface area contributed by atoms with Crippen molar-refractivity contribution < 1.29 is 14.6 Å². The predicted molar refractivity (Wildman–Crippen MR) is 82.3 cm³/mol. The monoisotopic (exact) mass is 303 g/mol. The zero-order valence-electron chi connectivity index (χ0n) is 13.0. The molecule has 0 aliphatic rings. The molecule has 2 aromatic rings. The van der Waals surface area contributed by atoms with E-state index in [1.165, 1.54) is 0 Å². The van der Waals surface area contributed by atoms with E-state index in [2.05, 4.69) is 17.2 Å². The first-order chi connectivity index (χ1) is 10.7. The lowest BCUT2D eigenvalue weighted by atomic mass is 10.1. The van der Waals surface area contributed by atoms with Gasteiger partial charge in [0.1, 0.15) is 5.75 Å². The number of ether oxygens (including phenoxy) is 1. The average Bonchev–Trinajstić information content (AvgIpc) is 2.91. The van der Waals surface area contributed by atoms with E-state index >= 15 is 0 Å². The van der Waals surface area contributed by atoms with Gasteiger partial charge in [-0.2, -0.15) is 0 Å². The van der Waals surface area contributed by atoms with Crippen LogP contribution in [0.5, 0.6) is 5.75 Å². The Morgan fingerprint density at radius 1 is 1.27 bits per heavy atom. The number of aryl methyl sites for hydroxylation is 1. The molecule has 0 bridgehead atoms. The number of rotatable bonds is 8. The van der Waals surface area contributed by atoms with Gasteiger partial charge < -0.3 is 9.84 Å². The fraction of sp³-hybridized carbons (Fsp3) is 0.438. The van der Waals surface area contributed by atoms with Gasteiger partial charge in [0.05, 0.1) is 12.8 Å².